The molecule has 2 nitrogen and oxygen atoms in total. The van der Waals surface area contributed by atoms with Gasteiger partial charge in [-0.05, 0) is 49.9 Å². The fourth-order valence-corrected chi connectivity index (χ4v) is 2.18. The van der Waals surface area contributed by atoms with Crippen LogP contribution in [0.4, 0.5) is 10.1 Å². The third-order valence-corrected chi connectivity index (χ3v) is 3.48. The minimum atomic E-state index is -0.210. The Balaban J connectivity index is 2.30. The summed E-state index contributed by atoms with van der Waals surface area (Å²) >= 11 is 0. The second-order valence-electron chi connectivity index (χ2n) is 4.69. The topological polar surface area (TPSA) is 29.3 Å². The van der Waals surface area contributed by atoms with E-state index in [0.29, 0.717) is 6.04 Å². The molecule has 1 aromatic rings. The average molecular weight is 222 g/mol. The third-order valence-electron chi connectivity index (χ3n) is 3.48. The van der Waals surface area contributed by atoms with Gasteiger partial charge in [0.25, 0.3) is 0 Å². The molecule has 1 aliphatic carbocycles. The highest BCUT2D eigenvalue weighted by Gasteiger charge is 2.24. The lowest BCUT2D eigenvalue weighted by atomic mass is 9.90. The molecule has 1 fully saturated rings. The monoisotopic (exact) mass is 222 g/mol. The molecule has 1 aromatic carbocycles. The van der Waals surface area contributed by atoms with Crippen molar-refractivity contribution in [2.75, 3.05) is 11.9 Å². The number of hydrogen-bond donors (Lipinski definition) is 1. The Morgan fingerprint density at radius 1 is 1.44 bits per heavy atom. The van der Waals surface area contributed by atoms with E-state index in [-0.39, 0.29) is 11.9 Å². The molecule has 0 saturated heterocycles. The van der Waals surface area contributed by atoms with Crippen molar-refractivity contribution in [3.05, 3.63) is 29.6 Å². The third kappa shape index (κ3) is 2.05. The maximum Gasteiger partial charge on any atom is 0.123 e. The molecule has 88 valence electrons. The van der Waals surface area contributed by atoms with Crippen molar-refractivity contribution >= 4 is 5.69 Å². The molecule has 0 radical (unpaired) electrons. The van der Waals surface area contributed by atoms with Crippen LogP contribution in [0.15, 0.2) is 18.2 Å². The van der Waals surface area contributed by atoms with Crippen molar-refractivity contribution in [1.29, 1.82) is 0 Å². The first-order chi connectivity index (χ1) is 7.59. The van der Waals surface area contributed by atoms with E-state index < -0.39 is 0 Å². The van der Waals surface area contributed by atoms with E-state index in [0.717, 1.165) is 11.3 Å². The van der Waals surface area contributed by atoms with Crippen molar-refractivity contribution in [1.82, 2.24) is 0 Å². The van der Waals surface area contributed by atoms with Crippen LogP contribution in [0.1, 0.15) is 37.8 Å². The summed E-state index contributed by atoms with van der Waals surface area (Å²) in [7, 11) is 2.07. The number of anilines is 1. The minimum Gasteiger partial charge on any atom is -0.371 e. The molecule has 0 aromatic heterocycles. The highest BCUT2D eigenvalue weighted by Crippen LogP contribution is 2.32. The van der Waals surface area contributed by atoms with Crippen LogP contribution in [0.25, 0.3) is 0 Å². The molecule has 0 bridgehead atoms. The van der Waals surface area contributed by atoms with E-state index in [1.54, 1.807) is 6.07 Å². The summed E-state index contributed by atoms with van der Waals surface area (Å²) in [5.41, 5.74) is 7.86. The Labute approximate surface area is 96.2 Å². The van der Waals surface area contributed by atoms with Gasteiger partial charge in [-0.25, -0.2) is 4.39 Å². The number of halogens is 1. The highest BCUT2D eigenvalue weighted by atomic mass is 19.1. The lowest BCUT2D eigenvalue weighted by Gasteiger charge is -2.37. The molecule has 0 aliphatic heterocycles. The zero-order valence-corrected chi connectivity index (χ0v) is 9.91. The summed E-state index contributed by atoms with van der Waals surface area (Å²) in [4.78, 5) is 2.24. The van der Waals surface area contributed by atoms with Crippen LogP contribution in [0, 0.1) is 5.82 Å². The van der Waals surface area contributed by atoms with Gasteiger partial charge in [-0.1, -0.05) is 0 Å². The molecule has 0 heterocycles. The molecule has 0 amide bonds. The van der Waals surface area contributed by atoms with Crippen LogP contribution in [-0.2, 0) is 0 Å². The molecule has 1 saturated carbocycles. The summed E-state index contributed by atoms with van der Waals surface area (Å²) < 4.78 is 13.2. The summed E-state index contributed by atoms with van der Waals surface area (Å²) in [6, 6.07) is 5.37. The first-order valence-corrected chi connectivity index (χ1v) is 5.87. The summed E-state index contributed by atoms with van der Waals surface area (Å²) in [5, 5.41) is 0. The second-order valence-corrected chi connectivity index (χ2v) is 4.69. The Bertz CT molecular complexity index is 372. The predicted molar refractivity (Wildman–Crippen MR) is 65.0 cm³/mol. The largest absolute Gasteiger partial charge is 0.371 e. The summed E-state index contributed by atoms with van der Waals surface area (Å²) in [6.45, 7) is 1.90. The quantitative estimate of drug-likeness (QED) is 0.852. The maximum atomic E-state index is 13.2. The normalized spacial score (nSPS) is 18.0. The zero-order chi connectivity index (χ0) is 11.7. The molecular formula is C13H19FN2. The first kappa shape index (κ1) is 11.4. The van der Waals surface area contributed by atoms with Crippen molar-refractivity contribution in [2.45, 2.75) is 38.3 Å². The highest BCUT2D eigenvalue weighted by molar-refractivity contribution is 5.55. The van der Waals surface area contributed by atoms with E-state index in [1.165, 1.54) is 25.3 Å². The van der Waals surface area contributed by atoms with Gasteiger partial charge in [0.05, 0.1) is 0 Å². The molecule has 3 heteroatoms. The number of hydrogen-bond acceptors (Lipinski definition) is 2. The zero-order valence-electron chi connectivity index (χ0n) is 9.91. The van der Waals surface area contributed by atoms with E-state index >= 15 is 0 Å². The van der Waals surface area contributed by atoms with E-state index in [1.807, 2.05) is 13.0 Å². The van der Waals surface area contributed by atoms with Crippen LogP contribution in [0.2, 0.25) is 0 Å². The molecule has 2 rings (SSSR count). The molecule has 2 N–H and O–H groups in total. The SMILES string of the molecule is C[C@H](N)c1cc(F)ccc1N(C)C1CCC1. The molecular weight excluding hydrogens is 203 g/mol. The van der Waals surface area contributed by atoms with Crippen molar-refractivity contribution < 1.29 is 4.39 Å². The lowest BCUT2D eigenvalue weighted by molar-refractivity contribution is 0.400. The molecule has 16 heavy (non-hydrogen) atoms. The Hall–Kier alpha value is -1.09. The maximum absolute atomic E-state index is 13.2. The average Bonchev–Trinajstić information content (AvgIpc) is 2.14. The van der Waals surface area contributed by atoms with Gasteiger partial charge >= 0.3 is 0 Å². The molecule has 1 aliphatic rings. The number of nitrogens with zero attached hydrogens (tertiary/aromatic N) is 1. The van der Waals surface area contributed by atoms with Crippen LogP contribution in [0.3, 0.4) is 0 Å². The van der Waals surface area contributed by atoms with Gasteiger partial charge < -0.3 is 10.6 Å². The van der Waals surface area contributed by atoms with E-state index in [4.69, 9.17) is 5.73 Å². The lowest BCUT2D eigenvalue weighted by Crippen LogP contribution is -2.38. The van der Waals surface area contributed by atoms with E-state index in [2.05, 4.69) is 11.9 Å². The Morgan fingerprint density at radius 3 is 2.62 bits per heavy atom. The molecule has 0 spiro atoms. The van der Waals surface area contributed by atoms with Gasteiger partial charge in [-0.3, -0.25) is 0 Å². The predicted octanol–water partition coefficient (Wildman–Crippen LogP) is 2.83. The van der Waals surface area contributed by atoms with Crippen LogP contribution < -0.4 is 10.6 Å². The summed E-state index contributed by atoms with van der Waals surface area (Å²) in [5.74, 6) is -0.210. The first-order valence-electron chi connectivity index (χ1n) is 5.87. The van der Waals surface area contributed by atoms with Crippen LogP contribution >= 0.6 is 0 Å². The standard InChI is InChI=1S/C13H19FN2/c1-9(15)12-8-10(14)6-7-13(12)16(2)11-4-3-5-11/h6-9,11H,3-5,15H2,1-2H3/t9-/m0/s1. The minimum absolute atomic E-state index is 0.131. The van der Waals surface area contributed by atoms with E-state index in [9.17, 15) is 4.39 Å². The number of rotatable bonds is 3. The Morgan fingerprint density at radius 2 is 2.12 bits per heavy atom. The smallest absolute Gasteiger partial charge is 0.123 e. The van der Waals surface area contributed by atoms with Crippen LogP contribution in [-0.4, -0.2) is 13.1 Å². The van der Waals surface area contributed by atoms with Crippen molar-refractivity contribution in [3.63, 3.8) is 0 Å². The molecule has 1 atom stereocenters. The van der Waals surface area contributed by atoms with Gasteiger partial charge in [0.15, 0.2) is 0 Å². The van der Waals surface area contributed by atoms with Gasteiger partial charge in [-0.2, -0.15) is 0 Å². The van der Waals surface area contributed by atoms with Gasteiger partial charge in [0.1, 0.15) is 5.82 Å². The van der Waals surface area contributed by atoms with Gasteiger partial charge in [0, 0.05) is 24.8 Å². The molecule has 0 unspecified atom stereocenters. The van der Waals surface area contributed by atoms with Crippen molar-refractivity contribution in [3.8, 4) is 0 Å². The number of benzene rings is 1. The van der Waals surface area contributed by atoms with Gasteiger partial charge in [0.2, 0.25) is 0 Å². The second kappa shape index (κ2) is 4.42. The number of nitrogens with two attached hydrogens (primary N) is 1. The van der Waals surface area contributed by atoms with Crippen LogP contribution in [0.5, 0.6) is 0 Å². The van der Waals surface area contributed by atoms with Crippen molar-refractivity contribution in [2.24, 2.45) is 5.73 Å². The summed E-state index contributed by atoms with van der Waals surface area (Å²) in [6.07, 6.45) is 3.75. The fourth-order valence-electron chi connectivity index (χ4n) is 2.18. The van der Waals surface area contributed by atoms with Gasteiger partial charge in [-0.15, -0.1) is 0 Å². The Kier molecular flexibility index (Phi) is 3.15. The fraction of sp³-hybridized carbons (Fsp3) is 0.538.